The van der Waals surface area contributed by atoms with Gasteiger partial charge in [0.25, 0.3) is 0 Å². The Hall–Kier alpha value is -1.79. The van der Waals surface area contributed by atoms with Crippen molar-refractivity contribution in [3.8, 4) is 0 Å². The number of hydrogen-bond acceptors (Lipinski definition) is 0. The van der Waals surface area contributed by atoms with Gasteiger partial charge in [-0.1, -0.05) is 79.4 Å². The fourth-order valence-electron chi connectivity index (χ4n) is 1.22. The van der Waals surface area contributed by atoms with Gasteiger partial charge in [-0.25, -0.2) is 0 Å². The van der Waals surface area contributed by atoms with Gasteiger partial charge in [-0.2, -0.15) is 0 Å². The summed E-state index contributed by atoms with van der Waals surface area (Å²) in [6, 6.07) is 17.6. The lowest BCUT2D eigenvalue weighted by molar-refractivity contribution is 1.66. The molecule has 0 aliphatic rings. The zero-order chi connectivity index (χ0) is 12.5. The molecule has 0 saturated heterocycles. The highest BCUT2D eigenvalue weighted by Gasteiger charge is 1.85. The summed E-state index contributed by atoms with van der Waals surface area (Å²) in [5.74, 6) is 0. The van der Waals surface area contributed by atoms with Gasteiger partial charge in [-0.05, 0) is 23.3 Å². The second kappa shape index (κ2) is 7.48. The molecule has 0 aliphatic heterocycles. The van der Waals surface area contributed by atoms with Gasteiger partial charge in [0.15, 0.2) is 0 Å². The van der Waals surface area contributed by atoms with E-state index in [1.54, 1.807) is 6.08 Å². The lowest BCUT2D eigenvalue weighted by Gasteiger charge is -1.90. The summed E-state index contributed by atoms with van der Waals surface area (Å²) in [4.78, 5) is 0. The minimum absolute atomic E-state index is 0.757. The fourth-order valence-corrected chi connectivity index (χ4v) is 1.42. The third-order valence-corrected chi connectivity index (χ3v) is 2.35. The molecule has 2 aromatic rings. The topological polar surface area (TPSA) is 0 Å². The molecule has 0 aliphatic carbocycles. The van der Waals surface area contributed by atoms with Gasteiger partial charge in [0.1, 0.15) is 0 Å². The lowest BCUT2D eigenvalue weighted by Crippen LogP contribution is -1.67. The number of hydrogen-bond donors (Lipinski definition) is 0. The lowest BCUT2D eigenvalue weighted by atomic mass is 10.2. The molecule has 2 rings (SSSR count). The minimum Gasteiger partial charge on any atom is -0.0985 e. The summed E-state index contributed by atoms with van der Waals surface area (Å²) < 4.78 is 0. The Morgan fingerprint density at radius 1 is 0.765 bits per heavy atom. The predicted molar refractivity (Wildman–Crippen MR) is 78.1 cm³/mol. The molecule has 86 valence electrons. The normalized spacial score (nSPS) is 8.76. The fraction of sp³-hybridized carbons (Fsp3) is 0. The molecular weight excluding hydrogens is 228 g/mol. The average molecular weight is 243 g/mol. The Morgan fingerprint density at radius 3 is 1.76 bits per heavy atom. The summed E-state index contributed by atoms with van der Waals surface area (Å²) in [5.41, 5.74) is 2.23. The van der Waals surface area contributed by atoms with Crippen molar-refractivity contribution in [2.45, 2.75) is 0 Å². The summed E-state index contributed by atoms with van der Waals surface area (Å²) >= 11 is 5.68. The molecule has 0 atom stereocenters. The molecule has 0 amide bonds. The van der Waals surface area contributed by atoms with Gasteiger partial charge in [-0.3, -0.25) is 0 Å². The van der Waals surface area contributed by atoms with E-state index in [0.717, 1.165) is 10.6 Å². The molecule has 17 heavy (non-hydrogen) atoms. The predicted octanol–water partition coefficient (Wildman–Crippen LogP) is 5.31. The molecule has 0 saturated carbocycles. The van der Waals surface area contributed by atoms with Gasteiger partial charge in [0.2, 0.25) is 0 Å². The zero-order valence-electron chi connectivity index (χ0n) is 9.64. The number of halogens is 1. The van der Waals surface area contributed by atoms with Gasteiger partial charge in [-0.15, -0.1) is 0 Å². The maximum absolute atomic E-state index is 5.68. The first-order valence-electron chi connectivity index (χ1n) is 5.31. The maximum Gasteiger partial charge on any atom is 0.0411 e. The highest BCUT2D eigenvalue weighted by Crippen LogP contribution is 2.10. The molecular formula is C16H15Cl. The van der Waals surface area contributed by atoms with Crippen LogP contribution < -0.4 is 0 Å². The van der Waals surface area contributed by atoms with Crippen LogP contribution in [0.3, 0.4) is 0 Å². The van der Waals surface area contributed by atoms with Crippen molar-refractivity contribution < 1.29 is 0 Å². The van der Waals surface area contributed by atoms with E-state index in [4.69, 9.17) is 11.6 Å². The second-order valence-corrected chi connectivity index (χ2v) is 3.81. The van der Waals surface area contributed by atoms with E-state index >= 15 is 0 Å². The van der Waals surface area contributed by atoms with Crippen LogP contribution in [0.1, 0.15) is 11.1 Å². The van der Waals surface area contributed by atoms with E-state index in [1.807, 2.05) is 60.7 Å². The highest BCUT2D eigenvalue weighted by molar-refractivity contribution is 6.30. The van der Waals surface area contributed by atoms with Gasteiger partial charge in [0.05, 0.1) is 0 Å². The van der Waals surface area contributed by atoms with E-state index in [-0.39, 0.29) is 0 Å². The zero-order valence-corrected chi connectivity index (χ0v) is 10.4. The van der Waals surface area contributed by atoms with Gasteiger partial charge < -0.3 is 0 Å². The third kappa shape index (κ3) is 5.19. The Labute approximate surface area is 108 Å². The van der Waals surface area contributed by atoms with Crippen molar-refractivity contribution in [2.24, 2.45) is 0 Å². The molecule has 2 aromatic carbocycles. The highest BCUT2D eigenvalue weighted by atomic mass is 35.5. The summed E-state index contributed by atoms with van der Waals surface area (Å²) in [5, 5.41) is 0.757. The maximum atomic E-state index is 5.68. The summed E-state index contributed by atoms with van der Waals surface area (Å²) in [6.45, 7) is 7.24. The minimum atomic E-state index is 0.757. The molecule has 0 nitrogen and oxygen atoms in total. The van der Waals surface area contributed by atoms with E-state index in [1.165, 1.54) is 5.56 Å². The van der Waals surface area contributed by atoms with Gasteiger partial charge >= 0.3 is 0 Å². The number of rotatable bonds is 2. The van der Waals surface area contributed by atoms with Crippen LogP contribution in [0.5, 0.6) is 0 Å². The van der Waals surface area contributed by atoms with Crippen molar-refractivity contribution in [1.82, 2.24) is 0 Å². The summed E-state index contributed by atoms with van der Waals surface area (Å²) in [7, 11) is 0. The molecule has 0 fully saturated rings. The van der Waals surface area contributed by atoms with Gasteiger partial charge in [0, 0.05) is 5.02 Å². The van der Waals surface area contributed by atoms with Crippen LogP contribution >= 0.6 is 11.6 Å². The molecule has 0 unspecified atom stereocenters. The van der Waals surface area contributed by atoms with Crippen LogP contribution in [0.2, 0.25) is 5.02 Å². The molecule has 0 radical (unpaired) electrons. The van der Waals surface area contributed by atoms with Crippen molar-refractivity contribution >= 4 is 23.8 Å². The second-order valence-electron chi connectivity index (χ2n) is 3.37. The van der Waals surface area contributed by atoms with Crippen LogP contribution in [0.15, 0.2) is 67.8 Å². The number of benzene rings is 2. The Balaban J connectivity index is 0.000000171. The first-order chi connectivity index (χ1) is 8.26. The monoisotopic (exact) mass is 242 g/mol. The molecule has 0 bridgehead atoms. The first kappa shape index (κ1) is 13.3. The first-order valence-corrected chi connectivity index (χ1v) is 5.69. The molecule has 0 N–H and O–H groups in total. The largest absolute Gasteiger partial charge is 0.0985 e. The smallest absolute Gasteiger partial charge is 0.0411 e. The van der Waals surface area contributed by atoms with Crippen LogP contribution in [0.25, 0.3) is 12.2 Å². The van der Waals surface area contributed by atoms with E-state index in [2.05, 4.69) is 13.2 Å². The van der Waals surface area contributed by atoms with Crippen molar-refractivity contribution in [3.63, 3.8) is 0 Å². The van der Waals surface area contributed by atoms with Crippen molar-refractivity contribution in [1.29, 1.82) is 0 Å². The molecule has 0 aromatic heterocycles. The molecule has 0 heterocycles. The van der Waals surface area contributed by atoms with Crippen LogP contribution in [-0.4, -0.2) is 0 Å². The van der Waals surface area contributed by atoms with E-state index in [9.17, 15) is 0 Å². The van der Waals surface area contributed by atoms with E-state index < -0.39 is 0 Å². The molecule has 1 heteroatoms. The average Bonchev–Trinajstić information content (AvgIpc) is 2.40. The van der Waals surface area contributed by atoms with Crippen LogP contribution in [0.4, 0.5) is 0 Å². The Morgan fingerprint density at radius 2 is 1.35 bits per heavy atom. The Bertz CT molecular complexity index is 472. The Kier molecular flexibility index (Phi) is 5.84. The van der Waals surface area contributed by atoms with Crippen molar-refractivity contribution in [3.05, 3.63) is 83.9 Å². The SMILES string of the molecule is C=Cc1cccc(Cl)c1.C=Cc1ccccc1. The summed E-state index contributed by atoms with van der Waals surface area (Å²) in [6.07, 6.45) is 3.60. The standard InChI is InChI=1S/C8H7Cl.C8H8/c1-2-7-4-3-5-8(9)6-7;1-2-8-6-4-3-5-7-8/h2-6H,1H2;2-7H,1H2. The van der Waals surface area contributed by atoms with Crippen molar-refractivity contribution in [2.75, 3.05) is 0 Å². The van der Waals surface area contributed by atoms with Crippen LogP contribution in [0, 0.1) is 0 Å². The third-order valence-electron chi connectivity index (χ3n) is 2.12. The van der Waals surface area contributed by atoms with Crippen LogP contribution in [-0.2, 0) is 0 Å². The molecule has 0 spiro atoms. The van der Waals surface area contributed by atoms with E-state index in [0.29, 0.717) is 0 Å². The quantitative estimate of drug-likeness (QED) is 0.669.